The van der Waals surface area contributed by atoms with Gasteiger partial charge in [-0.05, 0) is 24.3 Å². The van der Waals surface area contributed by atoms with Gasteiger partial charge < -0.3 is 4.42 Å². The fourth-order valence-corrected chi connectivity index (χ4v) is 2.72. The molecule has 104 valence electrons. The Morgan fingerprint density at radius 2 is 1.76 bits per heavy atom. The van der Waals surface area contributed by atoms with Gasteiger partial charge in [-0.1, -0.05) is 23.9 Å². The molecular weight excluding hydrogens is 290 g/mol. The average molecular weight is 299 g/mol. The van der Waals surface area contributed by atoms with Crippen molar-refractivity contribution in [1.29, 1.82) is 0 Å². The smallest absolute Gasteiger partial charge is 0.269 e. The second-order valence-electron chi connectivity index (χ2n) is 4.28. The van der Waals surface area contributed by atoms with Crippen molar-refractivity contribution in [3.8, 4) is 0 Å². The van der Waals surface area contributed by atoms with E-state index in [2.05, 4.69) is 0 Å². The highest BCUT2D eigenvalue weighted by Gasteiger charge is 2.09. The van der Waals surface area contributed by atoms with Gasteiger partial charge in [-0.2, -0.15) is 0 Å². The van der Waals surface area contributed by atoms with E-state index in [1.807, 2.05) is 0 Å². The second-order valence-corrected chi connectivity index (χ2v) is 5.39. The molecule has 3 rings (SSSR count). The van der Waals surface area contributed by atoms with Gasteiger partial charge in [-0.25, -0.2) is 0 Å². The van der Waals surface area contributed by atoms with Gasteiger partial charge in [-0.15, -0.1) is 0 Å². The predicted molar refractivity (Wildman–Crippen MR) is 79.7 cm³/mol. The first kappa shape index (κ1) is 13.4. The number of nitro groups is 1. The van der Waals surface area contributed by atoms with Crippen molar-refractivity contribution in [2.45, 2.75) is 9.79 Å². The first-order chi connectivity index (χ1) is 10.1. The topological polar surface area (TPSA) is 73.3 Å². The highest BCUT2D eigenvalue weighted by Crippen LogP contribution is 2.28. The van der Waals surface area contributed by atoms with Crippen molar-refractivity contribution >= 4 is 28.4 Å². The Hall–Kier alpha value is -2.60. The monoisotopic (exact) mass is 299 g/mol. The Morgan fingerprint density at radius 1 is 1.05 bits per heavy atom. The molecule has 2 aromatic carbocycles. The molecule has 0 aliphatic carbocycles. The number of fused-ring (bicyclic) bond motifs is 1. The number of para-hydroxylation sites is 1. The van der Waals surface area contributed by atoms with E-state index in [1.165, 1.54) is 30.2 Å². The van der Waals surface area contributed by atoms with Crippen molar-refractivity contribution in [2.24, 2.45) is 0 Å². The van der Waals surface area contributed by atoms with Gasteiger partial charge in [0, 0.05) is 17.0 Å². The number of nitro benzene ring substituents is 1. The zero-order valence-electron chi connectivity index (χ0n) is 10.7. The third kappa shape index (κ3) is 2.66. The molecule has 0 N–H and O–H groups in total. The molecule has 0 saturated heterocycles. The van der Waals surface area contributed by atoms with Gasteiger partial charge >= 0.3 is 0 Å². The lowest BCUT2D eigenvalue weighted by Crippen LogP contribution is -2.03. The lowest BCUT2D eigenvalue weighted by molar-refractivity contribution is -0.384. The minimum absolute atomic E-state index is 0.0184. The van der Waals surface area contributed by atoms with Crippen LogP contribution in [0.25, 0.3) is 11.0 Å². The fourth-order valence-electron chi connectivity index (χ4n) is 1.89. The van der Waals surface area contributed by atoms with E-state index in [0.717, 1.165) is 4.90 Å². The van der Waals surface area contributed by atoms with Gasteiger partial charge in [0.1, 0.15) is 11.8 Å². The molecule has 5 nitrogen and oxygen atoms in total. The minimum atomic E-state index is -0.459. The lowest BCUT2D eigenvalue weighted by atomic mass is 10.2. The number of rotatable bonds is 3. The van der Waals surface area contributed by atoms with Crippen LogP contribution in [0, 0.1) is 10.1 Å². The zero-order valence-corrected chi connectivity index (χ0v) is 11.5. The number of hydrogen-bond acceptors (Lipinski definition) is 5. The maximum absolute atomic E-state index is 12.3. The SMILES string of the molecule is O=c1c(Sc2ccc([N+](=O)[O-])cc2)coc2ccccc12. The van der Waals surface area contributed by atoms with Crippen LogP contribution in [0.15, 0.2) is 73.8 Å². The summed E-state index contributed by atoms with van der Waals surface area (Å²) in [6.07, 6.45) is 1.41. The predicted octanol–water partition coefficient (Wildman–Crippen LogP) is 3.85. The third-order valence-electron chi connectivity index (χ3n) is 2.92. The zero-order chi connectivity index (χ0) is 14.8. The van der Waals surface area contributed by atoms with Crippen LogP contribution in [-0.2, 0) is 0 Å². The van der Waals surface area contributed by atoms with Crippen molar-refractivity contribution in [3.05, 3.63) is 75.1 Å². The molecule has 0 radical (unpaired) electrons. The Kier molecular flexibility index (Phi) is 3.45. The summed E-state index contributed by atoms with van der Waals surface area (Å²) in [7, 11) is 0. The normalized spacial score (nSPS) is 10.7. The molecule has 0 aliphatic rings. The standard InChI is InChI=1S/C15H9NO4S/c17-15-12-3-1-2-4-13(12)20-9-14(15)21-11-7-5-10(6-8-11)16(18)19/h1-9H. The fraction of sp³-hybridized carbons (Fsp3) is 0. The molecule has 0 bridgehead atoms. The molecular formula is C15H9NO4S. The maximum Gasteiger partial charge on any atom is 0.269 e. The Labute approximate surface area is 123 Å². The van der Waals surface area contributed by atoms with Gasteiger partial charge in [0.25, 0.3) is 5.69 Å². The number of nitrogens with zero attached hydrogens (tertiary/aromatic N) is 1. The average Bonchev–Trinajstić information content (AvgIpc) is 2.51. The minimum Gasteiger partial charge on any atom is -0.463 e. The summed E-state index contributed by atoms with van der Waals surface area (Å²) in [6.45, 7) is 0. The van der Waals surface area contributed by atoms with Crippen LogP contribution in [-0.4, -0.2) is 4.92 Å². The maximum atomic E-state index is 12.3. The molecule has 1 aromatic heterocycles. The molecule has 0 unspecified atom stereocenters. The largest absolute Gasteiger partial charge is 0.463 e. The Morgan fingerprint density at radius 3 is 2.48 bits per heavy atom. The summed E-state index contributed by atoms with van der Waals surface area (Å²) in [4.78, 5) is 23.7. The van der Waals surface area contributed by atoms with Gasteiger partial charge in [0.15, 0.2) is 0 Å². The highest BCUT2D eigenvalue weighted by molar-refractivity contribution is 7.99. The van der Waals surface area contributed by atoms with E-state index >= 15 is 0 Å². The molecule has 0 amide bonds. The molecule has 0 saturated carbocycles. The van der Waals surface area contributed by atoms with Crippen LogP contribution >= 0.6 is 11.8 Å². The number of hydrogen-bond donors (Lipinski definition) is 0. The lowest BCUT2D eigenvalue weighted by Gasteiger charge is -2.02. The van der Waals surface area contributed by atoms with Crippen molar-refractivity contribution in [3.63, 3.8) is 0 Å². The summed E-state index contributed by atoms with van der Waals surface area (Å²) < 4.78 is 5.43. The molecule has 3 aromatic rings. The van der Waals surface area contributed by atoms with Gasteiger partial charge in [0.05, 0.1) is 15.2 Å². The third-order valence-corrected chi connectivity index (χ3v) is 3.93. The van der Waals surface area contributed by atoms with Crippen molar-refractivity contribution in [1.82, 2.24) is 0 Å². The second kappa shape index (κ2) is 5.41. The molecule has 21 heavy (non-hydrogen) atoms. The van der Waals surface area contributed by atoms with E-state index in [4.69, 9.17) is 4.42 Å². The number of benzene rings is 2. The van der Waals surface area contributed by atoms with E-state index in [9.17, 15) is 14.9 Å². The van der Waals surface area contributed by atoms with Crippen LogP contribution in [0.2, 0.25) is 0 Å². The van der Waals surface area contributed by atoms with Gasteiger partial charge in [0.2, 0.25) is 5.43 Å². The van der Waals surface area contributed by atoms with Crippen LogP contribution < -0.4 is 5.43 Å². The van der Waals surface area contributed by atoms with Crippen LogP contribution in [0.5, 0.6) is 0 Å². The first-order valence-corrected chi connectivity index (χ1v) is 6.89. The Bertz CT molecular complexity index is 871. The number of non-ortho nitro benzene ring substituents is 1. The van der Waals surface area contributed by atoms with E-state index in [-0.39, 0.29) is 11.1 Å². The molecule has 0 fully saturated rings. The summed E-state index contributed by atoms with van der Waals surface area (Å²) in [5, 5.41) is 11.1. The molecule has 0 spiro atoms. The molecule has 0 aliphatic heterocycles. The summed E-state index contributed by atoms with van der Waals surface area (Å²) in [5.41, 5.74) is 0.445. The Balaban J connectivity index is 1.96. The van der Waals surface area contributed by atoms with Crippen LogP contribution in [0.3, 0.4) is 0 Å². The first-order valence-electron chi connectivity index (χ1n) is 6.08. The van der Waals surface area contributed by atoms with Crippen LogP contribution in [0.1, 0.15) is 0 Å². The summed E-state index contributed by atoms with van der Waals surface area (Å²) >= 11 is 1.22. The van der Waals surface area contributed by atoms with E-state index in [1.54, 1.807) is 36.4 Å². The molecule has 6 heteroatoms. The summed E-state index contributed by atoms with van der Waals surface area (Å²) in [5.74, 6) is 0. The van der Waals surface area contributed by atoms with Gasteiger partial charge in [-0.3, -0.25) is 14.9 Å². The highest BCUT2D eigenvalue weighted by atomic mass is 32.2. The van der Waals surface area contributed by atoms with Crippen LogP contribution in [0.4, 0.5) is 5.69 Å². The van der Waals surface area contributed by atoms with E-state index in [0.29, 0.717) is 15.9 Å². The molecule has 0 atom stereocenters. The van der Waals surface area contributed by atoms with Crippen molar-refractivity contribution < 1.29 is 9.34 Å². The quantitative estimate of drug-likeness (QED) is 0.542. The van der Waals surface area contributed by atoms with E-state index < -0.39 is 4.92 Å². The molecule has 1 heterocycles. The summed E-state index contributed by atoms with van der Waals surface area (Å²) in [6, 6.07) is 13.1. The van der Waals surface area contributed by atoms with Crippen molar-refractivity contribution in [2.75, 3.05) is 0 Å².